The molecule has 0 aliphatic heterocycles. The molecule has 0 radical (unpaired) electrons. The number of hydrogen-bond donors (Lipinski definition) is 0. The molecule has 22 heavy (non-hydrogen) atoms. The van der Waals surface area contributed by atoms with E-state index in [1.54, 1.807) is 25.5 Å². The summed E-state index contributed by atoms with van der Waals surface area (Å²) in [5.74, 6) is 0.416. The number of nitrogens with zero attached hydrogens (tertiary/aromatic N) is 6. The van der Waals surface area contributed by atoms with E-state index in [2.05, 4.69) is 43.0 Å². The molecule has 3 aromatic rings. The Bertz CT molecular complexity index is 845. The second-order valence-electron chi connectivity index (χ2n) is 4.37. The van der Waals surface area contributed by atoms with Crippen LogP contribution in [0.3, 0.4) is 0 Å². The van der Waals surface area contributed by atoms with Gasteiger partial charge in [-0.1, -0.05) is 6.07 Å². The van der Waals surface area contributed by atoms with Crippen molar-refractivity contribution in [2.75, 3.05) is 0 Å². The summed E-state index contributed by atoms with van der Waals surface area (Å²) in [5, 5.41) is 7.61. The van der Waals surface area contributed by atoms with Gasteiger partial charge in [0.2, 0.25) is 5.88 Å². The molecule has 8 nitrogen and oxygen atoms in total. The predicted molar refractivity (Wildman–Crippen MR) is 85.7 cm³/mol. The molecule has 0 amide bonds. The molecule has 0 N–H and O–H groups in total. The average Bonchev–Trinajstić information content (AvgIpc) is 2.86. The SMILES string of the molecule is Cn1nnn(-c2cccc(I)c2COc2cnccn2)c1=O. The van der Waals surface area contributed by atoms with Crippen LogP contribution in [0.4, 0.5) is 0 Å². The second-order valence-corrected chi connectivity index (χ2v) is 5.53. The molecule has 0 aliphatic carbocycles. The van der Waals surface area contributed by atoms with E-state index in [4.69, 9.17) is 4.74 Å². The molecule has 0 atom stereocenters. The number of hydrogen-bond acceptors (Lipinski definition) is 6. The lowest BCUT2D eigenvalue weighted by atomic mass is 10.2. The monoisotopic (exact) mass is 410 g/mol. The summed E-state index contributed by atoms with van der Waals surface area (Å²) < 4.78 is 9.01. The van der Waals surface area contributed by atoms with Crippen molar-refractivity contribution in [2.24, 2.45) is 7.05 Å². The van der Waals surface area contributed by atoms with Crippen molar-refractivity contribution in [2.45, 2.75) is 6.61 Å². The molecule has 0 bridgehead atoms. The summed E-state index contributed by atoms with van der Waals surface area (Å²) in [4.78, 5) is 20.0. The van der Waals surface area contributed by atoms with Crippen LogP contribution in [0.5, 0.6) is 5.88 Å². The van der Waals surface area contributed by atoms with E-state index >= 15 is 0 Å². The zero-order chi connectivity index (χ0) is 15.5. The van der Waals surface area contributed by atoms with Crippen LogP contribution in [0.1, 0.15) is 5.56 Å². The Kier molecular flexibility index (Phi) is 4.13. The second kappa shape index (κ2) is 6.22. The molecule has 0 unspecified atom stereocenters. The Morgan fingerprint density at radius 3 is 2.82 bits per heavy atom. The molecular formula is C13H11IN6O2. The van der Waals surface area contributed by atoms with E-state index in [0.29, 0.717) is 11.6 Å². The van der Waals surface area contributed by atoms with Gasteiger partial charge in [-0.25, -0.2) is 9.78 Å². The maximum atomic E-state index is 12.0. The van der Waals surface area contributed by atoms with Crippen LogP contribution >= 0.6 is 22.6 Å². The topological polar surface area (TPSA) is 87.7 Å². The first-order chi connectivity index (χ1) is 10.7. The van der Waals surface area contributed by atoms with Gasteiger partial charge in [-0.3, -0.25) is 4.98 Å². The molecule has 2 heterocycles. The Labute approximate surface area is 138 Å². The highest BCUT2D eigenvalue weighted by Gasteiger charge is 2.14. The fraction of sp³-hybridized carbons (Fsp3) is 0.154. The fourth-order valence-corrected chi connectivity index (χ4v) is 2.50. The lowest BCUT2D eigenvalue weighted by molar-refractivity contribution is 0.291. The third kappa shape index (κ3) is 2.84. The summed E-state index contributed by atoms with van der Waals surface area (Å²) in [5.41, 5.74) is 1.15. The lowest BCUT2D eigenvalue weighted by Gasteiger charge is -2.11. The number of tetrazole rings is 1. The fourth-order valence-electron chi connectivity index (χ4n) is 1.86. The third-order valence-corrected chi connectivity index (χ3v) is 3.96. The minimum Gasteiger partial charge on any atom is -0.472 e. The summed E-state index contributed by atoms with van der Waals surface area (Å²) >= 11 is 2.19. The summed E-state index contributed by atoms with van der Waals surface area (Å²) in [6.45, 7) is 0.246. The first kappa shape index (κ1) is 14.6. The lowest BCUT2D eigenvalue weighted by Crippen LogP contribution is -2.23. The molecular weight excluding hydrogens is 399 g/mol. The molecule has 9 heteroatoms. The van der Waals surface area contributed by atoms with Crippen molar-refractivity contribution >= 4 is 22.6 Å². The summed E-state index contributed by atoms with van der Waals surface area (Å²) in [7, 11) is 1.55. The highest BCUT2D eigenvalue weighted by atomic mass is 127. The molecule has 0 spiro atoms. The Morgan fingerprint density at radius 1 is 1.27 bits per heavy atom. The number of benzene rings is 1. The number of ether oxygens (including phenoxy) is 1. The van der Waals surface area contributed by atoms with Gasteiger partial charge in [0.15, 0.2) is 0 Å². The predicted octanol–water partition coefficient (Wildman–Crippen LogP) is 0.940. The van der Waals surface area contributed by atoms with E-state index in [-0.39, 0.29) is 12.3 Å². The van der Waals surface area contributed by atoms with Crippen molar-refractivity contribution in [3.05, 3.63) is 56.4 Å². The van der Waals surface area contributed by atoms with Crippen molar-refractivity contribution in [1.82, 2.24) is 29.8 Å². The van der Waals surface area contributed by atoms with Gasteiger partial charge >= 0.3 is 5.69 Å². The highest BCUT2D eigenvalue weighted by Crippen LogP contribution is 2.20. The molecule has 0 fully saturated rings. The highest BCUT2D eigenvalue weighted by molar-refractivity contribution is 14.1. The first-order valence-corrected chi connectivity index (χ1v) is 7.40. The van der Waals surface area contributed by atoms with E-state index in [0.717, 1.165) is 9.13 Å². The van der Waals surface area contributed by atoms with Gasteiger partial charge in [-0.05, 0) is 45.2 Å². The normalized spacial score (nSPS) is 10.6. The first-order valence-electron chi connectivity index (χ1n) is 6.32. The molecule has 0 saturated heterocycles. The minimum atomic E-state index is -0.317. The molecule has 0 saturated carbocycles. The van der Waals surface area contributed by atoms with Crippen LogP contribution in [0.25, 0.3) is 5.69 Å². The van der Waals surface area contributed by atoms with Gasteiger partial charge in [0, 0.05) is 28.6 Å². The molecule has 2 aromatic heterocycles. The number of aromatic nitrogens is 6. The van der Waals surface area contributed by atoms with Crippen molar-refractivity contribution < 1.29 is 4.74 Å². The Morgan fingerprint density at radius 2 is 2.14 bits per heavy atom. The quantitative estimate of drug-likeness (QED) is 0.595. The van der Waals surface area contributed by atoms with Gasteiger partial charge in [-0.2, -0.15) is 9.36 Å². The van der Waals surface area contributed by atoms with E-state index in [1.807, 2.05) is 12.1 Å². The van der Waals surface area contributed by atoms with Crippen molar-refractivity contribution in [3.8, 4) is 11.6 Å². The smallest absolute Gasteiger partial charge is 0.368 e. The summed E-state index contributed by atoms with van der Waals surface area (Å²) in [6, 6.07) is 5.58. The van der Waals surface area contributed by atoms with Gasteiger partial charge in [-0.15, -0.1) is 0 Å². The molecule has 112 valence electrons. The average molecular weight is 410 g/mol. The third-order valence-electron chi connectivity index (χ3n) is 2.95. The van der Waals surface area contributed by atoms with E-state index < -0.39 is 0 Å². The Balaban J connectivity index is 1.97. The van der Waals surface area contributed by atoms with Crippen LogP contribution in [-0.4, -0.2) is 29.8 Å². The van der Waals surface area contributed by atoms with Gasteiger partial charge < -0.3 is 4.74 Å². The van der Waals surface area contributed by atoms with Crippen LogP contribution in [0, 0.1) is 3.57 Å². The van der Waals surface area contributed by atoms with Crippen molar-refractivity contribution in [3.63, 3.8) is 0 Å². The number of rotatable bonds is 4. The van der Waals surface area contributed by atoms with E-state index in [1.165, 1.54) is 15.6 Å². The zero-order valence-corrected chi connectivity index (χ0v) is 13.7. The standard InChI is InChI=1S/C13H11IN6O2/c1-19-13(21)20(18-17-19)11-4-2-3-10(14)9(11)8-22-12-7-15-5-6-16-12/h2-7H,8H2,1H3. The van der Waals surface area contributed by atoms with Gasteiger partial charge in [0.05, 0.1) is 11.9 Å². The molecule has 1 aromatic carbocycles. The largest absolute Gasteiger partial charge is 0.472 e. The van der Waals surface area contributed by atoms with Crippen LogP contribution < -0.4 is 10.4 Å². The van der Waals surface area contributed by atoms with Gasteiger partial charge in [0.25, 0.3) is 0 Å². The zero-order valence-electron chi connectivity index (χ0n) is 11.5. The van der Waals surface area contributed by atoms with Crippen molar-refractivity contribution in [1.29, 1.82) is 0 Å². The van der Waals surface area contributed by atoms with Crippen LogP contribution in [0.2, 0.25) is 0 Å². The van der Waals surface area contributed by atoms with E-state index in [9.17, 15) is 4.79 Å². The minimum absolute atomic E-state index is 0.246. The maximum absolute atomic E-state index is 12.0. The van der Waals surface area contributed by atoms with Gasteiger partial charge in [0.1, 0.15) is 6.61 Å². The summed E-state index contributed by atoms with van der Waals surface area (Å²) in [6.07, 6.45) is 4.66. The van der Waals surface area contributed by atoms with Crippen LogP contribution in [0.15, 0.2) is 41.6 Å². The maximum Gasteiger partial charge on any atom is 0.368 e. The number of halogens is 1. The Hall–Kier alpha value is -2.30. The van der Waals surface area contributed by atoms with Crippen LogP contribution in [-0.2, 0) is 13.7 Å². The molecule has 0 aliphatic rings. The molecule has 3 rings (SSSR count). The number of aryl methyl sites for hydroxylation is 1.